The fraction of sp³-hybridized carbons (Fsp3) is 0.0476. The first-order valence-corrected chi connectivity index (χ1v) is 8.00. The van der Waals surface area contributed by atoms with E-state index in [0.717, 1.165) is 11.4 Å². The highest BCUT2D eigenvalue weighted by Crippen LogP contribution is 2.20. The minimum Gasteiger partial charge on any atom is -0.497 e. The van der Waals surface area contributed by atoms with Crippen LogP contribution in [0.1, 0.15) is 15.9 Å². The molecule has 3 rings (SSSR count). The molecule has 0 aliphatic carbocycles. The Kier molecular flexibility index (Phi) is 5.16. The number of hydrogen-bond donors (Lipinski definition) is 2. The number of carbonyl (C=O) groups excluding carboxylic acids is 1. The van der Waals surface area contributed by atoms with E-state index in [2.05, 4.69) is 16.7 Å². The van der Waals surface area contributed by atoms with Gasteiger partial charge in [0.2, 0.25) is 0 Å². The molecule has 0 aliphatic rings. The van der Waals surface area contributed by atoms with Gasteiger partial charge < -0.3 is 15.4 Å². The van der Waals surface area contributed by atoms with Crippen molar-refractivity contribution < 1.29 is 9.53 Å². The van der Waals surface area contributed by atoms with Gasteiger partial charge in [-0.2, -0.15) is 5.26 Å². The van der Waals surface area contributed by atoms with E-state index in [4.69, 9.17) is 10.00 Å². The van der Waals surface area contributed by atoms with Gasteiger partial charge >= 0.3 is 0 Å². The highest BCUT2D eigenvalue weighted by Gasteiger charge is 2.07. The minimum atomic E-state index is -0.202. The van der Waals surface area contributed by atoms with Crippen molar-refractivity contribution in [3.05, 3.63) is 83.9 Å². The predicted molar refractivity (Wildman–Crippen MR) is 102 cm³/mol. The summed E-state index contributed by atoms with van der Waals surface area (Å²) in [6.45, 7) is 0. The Hall–Kier alpha value is -3.78. The molecule has 2 N–H and O–H groups in total. The van der Waals surface area contributed by atoms with Crippen LogP contribution in [0.4, 0.5) is 17.1 Å². The van der Waals surface area contributed by atoms with Gasteiger partial charge in [0, 0.05) is 22.6 Å². The normalized spacial score (nSPS) is 9.85. The van der Waals surface area contributed by atoms with Crippen molar-refractivity contribution in [1.29, 1.82) is 5.26 Å². The van der Waals surface area contributed by atoms with Crippen molar-refractivity contribution in [2.45, 2.75) is 0 Å². The summed E-state index contributed by atoms with van der Waals surface area (Å²) in [6, 6.07) is 23.7. The van der Waals surface area contributed by atoms with E-state index in [9.17, 15) is 4.79 Å². The molecular weight excluding hydrogens is 326 g/mol. The SMILES string of the molecule is COc1cccc(C(=O)Nc2ccc(Nc3cccc(C#N)c3)cc2)c1. The van der Waals surface area contributed by atoms with Gasteiger partial charge in [0.15, 0.2) is 0 Å². The maximum Gasteiger partial charge on any atom is 0.255 e. The number of amides is 1. The van der Waals surface area contributed by atoms with Gasteiger partial charge in [-0.25, -0.2) is 0 Å². The van der Waals surface area contributed by atoms with E-state index in [0.29, 0.717) is 22.6 Å². The molecular formula is C21H17N3O2. The summed E-state index contributed by atoms with van der Waals surface area (Å²) in [5, 5.41) is 15.0. The van der Waals surface area contributed by atoms with Crippen LogP contribution in [0, 0.1) is 11.3 Å². The maximum absolute atomic E-state index is 12.3. The molecule has 3 aromatic carbocycles. The third-order valence-corrected chi connectivity index (χ3v) is 3.76. The van der Waals surface area contributed by atoms with E-state index < -0.39 is 0 Å². The molecule has 0 bridgehead atoms. The minimum absolute atomic E-state index is 0.202. The van der Waals surface area contributed by atoms with E-state index >= 15 is 0 Å². The summed E-state index contributed by atoms with van der Waals surface area (Å²) in [6.07, 6.45) is 0. The molecule has 0 aromatic heterocycles. The average Bonchev–Trinajstić information content (AvgIpc) is 2.69. The molecule has 0 aliphatic heterocycles. The number of ether oxygens (including phenoxy) is 1. The molecule has 0 radical (unpaired) electrons. The molecule has 1 amide bonds. The van der Waals surface area contributed by atoms with Crippen molar-refractivity contribution in [2.24, 2.45) is 0 Å². The first-order chi connectivity index (χ1) is 12.7. The highest BCUT2D eigenvalue weighted by molar-refractivity contribution is 6.04. The maximum atomic E-state index is 12.3. The van der Waals surface area contributed by atoms with Crippen LogP contribution in [0.15, 0.2) is 72.8 Å². The summed E-state index contributed by atoms with van der Waals surface area (Å²) in [7, 11) is 1.56. The second-order valence-corrected chi connectivity index (χ2v) is 5.58. The molecule has 0 saturated carbocycles. The lowest BCUT2D eigenvalue weighted by Gasteiger charge is -2.09. The predicted octanol–water partition coefficient (Wildman–Crippen LogP) is 4.56. The fourth-order valence-electron chi connectivity index (χ4n) is 2.44. The molecule has 0 heterocycles. The van der Waals surface area contributed by atoms with Gasteiger partial charge in [0.1, 0.15) is 5.75 Å². The smallest absolute Gasteiger partial charge is 0.255 e. The number of rotatable bonds is 5. The lowest BCUT2D eigenvalue weighted by molar-refractivity contribution is 0.102. The molecule has 5 heteroatoms. The van der Waals surface area contributed by atoms with Crippen molar-refractivity contribution >= 4 is 23.0 Å². The number of nitrogens with zero attached hydrogens (tertiary/aromatic N) is 1. The second kappa shape index (κ2) is 7.86. The number of nitriles is 1. The molecule has 0 spiro atoms. The number of carbonyl (C=O) groups is 1. The van der Waals surface area contributed by atoms with E-state index in [1.54, 1.807) is 43.5 Å². The Balaban J connectivity index is 1.67. The summed E-state index contributed by atoms with van der Waals surface area (Å²) in [5.41, 5.74) is 3.50. The third kappa shape index (κ3) is 4.19. The van der Waals surface area contributed by atoms with Gasteiger partial charge in [-0.05, 0) is 60.7 Å². The number of benzene rings is 3. The van der Waals surface area contributed by atoms with E-state index in [1.165, 1.54) is 0 Å². The van der Waals surface area contributed by atoms with E-state index in [-0.39, 0.29) is 5.91 Å². The van der Waals surface area contributed by atoms with Crippen LogP contribution < -0.4 is 15.4 Å². The summed E-state index contributed by atoms with van der Waals surface area (Å²) >= 11 is 0. The largest absolute Gasteiger partial charge is 0.497 e. The number of anilines is 3. The van der Waals surface area contributed by atoms with Crippen molar-refractivity contribution in [2.75, 3.05) is 17.7 Å². The number of hydrogen-bond acceptors (Lipinski definition) is 4. The summed E-state index contributed by atoms with van der Waals surface area (Å²) in [5.74, 6) is 0.433. The Morgan fingerprint density at radius 2 is 1.65 bits per heavy atom. The molecule has 128 valence electrons. The van der Waals surface area contributed by atoms with E-state index in [1.807, 2.05) is 36.4 Å². The Morgan fingerprint density at radius 1 is 0.923 bits per heavy atom. The molecule has 3 aromatic rings. The Labute approximate surface area is 151 Å². The molecule has 0 atom stereocenters. The van der Waals surface area contributed by atoms with Crippen molar-refractivity contribution in [1.82, 2.24) is 0 Å². The van der Waals surface area contributed by atoms with Crippen LogP contribution in [0.3, 0.4) is 0 Å². The lowest BCUT2D eigenvalue weighted by atomic mass is 10.2. The monoisotopic (exact) mass is 343 g/mol. The van der Waals surface area contributed by atoms with Crippen LogP contribution >= 0.6 is 0 Å². The van der Waals surface area contributed by atoms with Gasteiger partial charge in [-0.3, -0.25) is 4.79 Å². The van der Waals surface area contributed by atoms with Gasteiger partial charge in [0.25, 0.3) is 5.91 Å². The topological polar surface area (TPSA) is 74.2 Å². The zero-order valence-corrected chi connectivity index (χ0v) is 14.2. The van der Waals surface area contributed by atoms with Crippen LogP contribution in [-0.2, 0) is 0 Å². The first kappa shape index (κ1) is 17.1. The molecule has 0 saturated heterocycles. The zero-order valence-electron chi connectivity index (χ0n) is 14.2. The van der Waals surface area contributed by atoms with Crippen LogP contribution in [0.25, 0.3) is 0 Å². The number of nitrogens with one attached hydrogen (secondary N) is 2. The van der Waals surface area contributed by atoms with Crippen LogP contribution in [0.2, 0.25) is 0 Å². The average molecular weight is 343 g/mol. The second-order valence-electron chi connectivity index (χ2n) is 5.58. The standard InChI is InChI=1S/C21H17N3O2/c1-26-20-7-3-5-16(13-20)21(25)24-18-10-8-17(9-11-18)23-19-6-2-4-15(12-19)14-22/h2-13,23H,1H3,(H,24,25). The first-order valence-electron chi connectivity index (χ1n) is 8.00. The zero-order chi connectivity index (χ0) is 18.4. The molecule has 0 unspecified atom stereocenters. The summed E-state index contributed by atoms with van der Waals surface area (Å²) in [4.78, 5) is 12.3. The Morgan fingerprint density at radius 3 is 2.38 bits per heavy atom. The van der Waals surface area contributed by atoms with Gasteiger partial charge in [-0.15, -0.1) is 0 Å². The lowest BCUT2D eigenvalue weighted by Crippen LogP contribution is -2.11. The summed E-state index contributed by atoms with van der Waals surface area (Å²) < 4.78 is 5.14. The van der Waals surface area contributed by atoms with Crippen molar-refractivity contribution in [3.63, 3.8) is 0 Å². The number of methoxy groups -OCH3 is 1. The quantitative estimate of drug-likeness (QED) is 0.712. The van der Waals surface area contributed by atoms with Crippen LogP contribution in [-0.4, -0.2) is 13.0 Å². The molecule has 26 heavy (non-hydrogen) atoms. The third-order valence-electron chi connectivity index (χ3n) is 3.76. The van der Waals surface area contributed by atoms with Gasteiger partial charge in [0.05, 0.1) is 18.7 Å². The fourth-order valence-corrected chi connectivity index (χ4v) is 2.44. The van der Waals surface area contributed by atoms with Gasteiger partial charge in [-0.1, -0.05) is 12.1 Å². The molecule has 0 fully saturated rings. The Bertz CT molecular complexity index is 959. The highest BCUT2D eigenvalue weighted by atomic mass is 16.5. The van der Waals surface area contributed by atoms with Crippen LogP contribution in [0.5, 0.6) is 5.75 Å². The van der Waals surface area contributed by atoms with Crippen molar-refractivity contribution in [3.8, 4) is 11.8 Å². The molecule has 5 nitrogen and oxygen atoms in total.